The van der Waals surface area contributed by atoms with Crippen LogP contribution in [0.25, 0.3) is 0 Å². The van der Waals surface area contributed by atoms with Crippen molar-refractivity contribution in [2.75, 3.05) is 0 Å². The van der Waals surface area contributed by atoms with E-state index in [1.165, 1.54) is 5.56 Å². The zero-order valence-corrected chi connectivity index (χ0v) is 13.0. The predicted octanol–water partition coefficient (Wildman–Crippen LogP) is 4.03. The van der Waals surface area contributed by atoms with Crippen LogP contribution in [-0.4, -0.2) is 12.1 Å². The molecule has 0 atom stereocenters. The minimum atomic E-state index is -0.281. The summed E-state index contributed by atoms with van der Waals surface area (Å²) in [6, 6.07) is 10.9. The number of aryl methyl sites for hydroxylation is 3. The molecule has 0 aliphatic carbocycles. The molecule has 4 heteroatoms. The molecule has 0 fully saturated rings. The highest BCUT2D eigenvalue weighted by Gasteiger charge is 2.05. The quantitative estimate of drug-likeness (QED) is 0.675. The van der Waals surface area contributed by atoms with E-state index >= 15 is 0 Å². The summed E-state index contributed by atoms with van der Waals surface area (Å²) >= 11 is 5.86. The van der Waals surface area contributed by atoms with E-state index in [1.54, 1.807) is 30.5 Å². The number of carbonyl (C=O) groups is 1. The lowest BCUT2D eigenvalue weighted by Gasteiger charge is -2.06. The van der Waals surface area contributed by atoms with Crippen molar-refractivity contribution in [1.82, 2.24) is 5.43 Å². The van der Waals surface area contributed by atoms with Crippen molar-refractivity contribution in [3.8, 4) is 0 Å². The third-order valence-electron chi connectivity index (χ3n) is 3.18. The topological polar surface area (TPSA) is 41.5 Å². The molecule has 0 saturated carbocycles. The first-order chi connectivity index (χ1) is 9.97. The maximum Gasteiger partial charge on any atom is 0.271 e. The lowest BCUT2D eigenvalue weighted by atomic mass is 10.0. The van der Waals surface area contributed by atoms with Gasteiger partial charge in [0.25, 0.3) is 5.91 Å². The van der Waals surface area contributed by atoms with E-state index in [9.17, 15) is 4.79 Å². The van der Waals surface area contributed by atoms with Crippen molar-refractivity contribution >= 4 is 23.7 Å². The van der Waals surface area contributed by atoms with E-state index in [1.807, 2.05) is 13.8 Å². The highest BCUT2D eigenvalue weighted by Crippen LogP contribution is 2.14. The Morgan fingerprint density at radius 3 is 2.43 bits per heavy atom. The monoisotopic (exact) mass is 300 g/mol. The van der Waals surface area contributed by atoms with Crippen LogP contribution in [0, 0.1) is 20.8 Å². The van der Waals surface area contributed by atoms with Gasteiger partial charge in [0.1, 0.15) is 0 Å². The van der Waals surface area contributed by atoms with Crippen molar-refractivity contribution < 1.29 is 4.79 Å². The number of nitrogens with one attached hydrogen (secondary N) is 1. The summed E-state index contributed by atoms with van der Waals surface area (Å²) in [5, 5.41) is 4.56. The van der Waals surface area contributed by atoms with Gasteiger partial charge < -0.3 is 0 Å². The Morgan fingerprint density at radius 1 is 1.14 bits per heavy atom. The van der Waals surface area contributed by atoms with Gasteiger partial charge in [-0.1, -0.05) is 35.4 Å². The van der Waals surface area contributed by atoms with Crippen LogP contribution in [0.15, 0.2) is 41.5 Å². The summed E-state index contributed by atoms with van der Waals surface area (Å²) in [5.74, 6) is -0.281. The largest absolute Gasteiger partial charge is 0.271 e. The summed E-state index contributed by atoms with van der Waals surface area (Å²) in [6.07, 6.45) is 1.67. The summed E-state index contributed by atoms with van der Waals surface area (Å²) in [4.78, 5) is 11.9. The molecule has 0 saturated heterocycles. The molecule has 1 N–H and O–H groups in total. The SMILES string of the molecule is Cc1cc(C)c(/C=N/NC(=O)c2cccc(Cl)c2)c(C)c1. The van der Waals surface area contributed by atoms with E-state index in [2.05, 4.69) is 29.6 Å². The van der Waals surface area contributed by atoms with Crippen LogP contribution < -0.4 is 5.43 Å². The molecule has 21 heavy (non-hydrogen) atoms. The van der Waals surface area contributed by atoms with Crippen molar-refractivity contribution in [3.63, 3.8) is 0 Å². The Balaban J connectivity index is 2.11. The number of halogens is 1. The third kappa shape index (κ3) is 3.92. The Hall–Kier alpha value is -2.13. The summed E-state index contributed by atoms with van der Waals surface area (Å²) in [7, 11) is 0. The lowest BCUT2D eigenvalue weighted by molar-refractivity contribution is 0.0955. The predicted molar refractivity (Wildman–Crippen MR) is 87.2 cm³/mol. The van der Waals surface area contributed by atoms with E-state index in [0.29, 0.717) is 10.6 Å². The maximum absolute atomic E-state index is 11.9. The number of hydrogen-bond acceptors (Lipinski definition) is 2. The van der Waals surface area contributed by atoms with Crippen molar-refractivity contribution in [1.29, 1.82) is 0 Å². The van der Waals surface area contributed by atoms with Gasteiger partial charge in [-0.2, -0.15) is 5.10 Å². The van der Waals surface area contributed by atoms with Gasteiger partial charge in [-0.25, -0.2) is 5.43 Å². The molecular weight excluding hydrogens is 284 g/mol. The minimum absolute atomic E-state index is 0.281. The molecule has 0 aliphatic heterocycles. The highest BCUT2D eigenvalue weighted by molar-refractivity contribution is 6.30. The van der Waals surface area contributed by atoms with E-state index in [0.717, 1.165) is 16.7 Å². The van der Waals surface area contributed by atoms with Gasteiger partial charge in [-0.3, -0.25) is 4.79 Å². The van der Waals surface area contributed by atoms with Crippen molar-refractivity contribution in [3.05, 3.63) is 69.2 Å². The molecule has 2 aromatic carbocycles. The molecule has 0 bridgehead atoms. The van der Waals surface area contributed by atoms with Crippen molar-refractivity contribution in [2.45, 2.75) is 20.8 Å². The Morgan fingerprint density at radius 2 is 1.81 bits per heavy atom. The summed E-state index contributed by atoms with van der Waals surface area (Å²) in [5.41, 5.74) is 7.50. The summed E-state index contributed by atoms with van der Waals surface area (Å²) < 4.78 is 0. The number of benzene rings is 2. The third-order valence-corrected chi connectivity index (χ3v) is 3.42. The minimum Gasteiger partial charge on any atom is -0.267 e. The van der Waals surface area contributed by atoms with Crippen LogP contribution in [-0.2, 0) is 0 Å². The number of carbonyl (C=O) groups excluding carboxylic acids is 1. The first-order valence-corrected chi connectivity index (χ1v) is 7.02. The average molecular weight is 301 g/mol. The fourth-order valence-corrected chi connectivity index (χ4v) is 2.43. The number of rotatable bonds is 3. The molecule has 0 heterocycles. The molecule has 0 aromatic heterocycles. The molecule has 0 aliphatic rings. The smallest absolute Gasteiger partial charge is 0.267 e. The van der Waals surface area contributed by atoms with Crippen LogP contribution in [0.4, 0.5) is 0 Å². The number of amides is 1. The molecule has 0 unspecified atom stereocenters. The first-order valence-electron chi connectivity index (χ1n) is 6.64. The zero-order chi connectivity index (χ0) is 15.4. The molecular formula is C17H17ClN2O. The van der Waals surface area contributed by atoms with Gasteiger partial charge >= 0.3 is 0 Å². The summed E-state index contributed by atoms with van der Waals surface area (Å²) in [6.45, 7) is 6.11. The molecule has 0 radical (unpaired) electrons. The van der Waals surface area contributed by atoms with Gasteiger partial charge in [0.15, 0.2) is 0 Å². The van der Waals surface area contributed by atoms with E-state index in [-0.39, 0.29) is 5.91 Å². The number of hydrazone groups is 1. The molecule has 0 spiro atoms. The Labute approximate surface area is 129 Å². The van der Waals surface area contributed by atoms with Gasteiger partial charge in [-0.15, -0.1) is 0 Å². The van der Waals surface area contributed by atoms with Crippen LogP contribution in [0.5, 0.6) is 0 Å². The van der Waals surface area contributed by atoms with Gasteiger partial charge in [-0.05, 0) is 50.1 Å². The fraction of sp³-hybridized carbons (Fsp3) is 0.176. The van der Waals surface area contributed by atoms with E-state index in [4.69, 9.17) is 11.6 Å². The number of nitrogens with zero attached hydrogens (tertiary/aromatic N) is 1. The highest BCUT2D eigenvalue weighted by atomic mass is 35.5. The standard InChI is InChI=1S/C17H17ClN2O/c1-11-7-12(2)16(13(3)8-11)10-19-20-17(21)14-5-4-6-15(18)9-14/h4-10H,1-3H3,(H,20,21)/b19-10+. The van der Waals surface area contributed by atoms with Crippen LogP contribution >= 0.6 is 11.6 Å². The molecule has 2 aromatic rings. The van der Waals surface area contributed by atoms with Crippen LogP contribution in [0.3, 0.4) is 0 Å². The average Bonchev–Trinajstić information content (AvgIpc) is 2.41. The van der Waals surface area contributed by atoms with Crippen molar-refractivity contribution in [2.24, 2.45) is 5.10 Å². The normalized spacial score (nSPS) is 10.9. The van der Waals surface area contributed by atoms with Crippen LogP contribution in [0.1, 0.15) is 32.6 Å². The Bertz CT molecular complexity index is 685. The lowest BCUT2D eigenvalue weighted by Crippen LogP contribution is -2.17. The second kappa shape index (κ2) is 6.55. The molecule has 108 valence electrons. The van der Waals surface area contributed by atoms with Crippen LogP contribution in [0.2, 0.25) is 5.02 Å². The van der Waals surface area contributed by atoms with Gasteiger partial charge in [0.05, 0.1) is 6.21 Å². The van der Waals surface area contributed by atoms with Gasteiger partial charge in [0.2, 0.25) is 0 Å². The second-order valence-corrected chi connectivity index (χ2v) is 5.46. The first kappa shape index (κ1) is 15.3. The maximum atomic E-state index is 11.9. The van der Waals surface area contributed by atoms with E-state index < -0.39 is 0 Å². The van der Waals surface area contributed by atoms with Gasteiger partial charge in [0, 0.05) is 16.1 Å². The molecule has 3 nitrogen and oxygen atoms in total. The Kier molecular flexibility index (Phi) is 4.76. The second-order valence-electron chi connectivity index (χ2n) is 5.02. The zero-order valence-electron chi connectivity index (χ0n) is 12.3. The molecule has 2 rings (SSSR count). The number of hydrogen-bond donors (Lipinski definition) is 1. The fourth-order valence-electron chi connectivity index (χ4n) is 2.24. The molecule has 1 amide bonds.